The third-order valence-corrected chi connectivity index (χ3v) is 7.67. The molecule has 1 spiro atoms. The van der Waals surface area contributed by atoms with Crippen LogP contribution in [0.2, 0.25) is 0 Å². The molecule has 194 valence electrons. The van der Waals surface area contributed by atoms with Gasteiger partial charge in [-0.3, -0.25) is 4.79 Å². The van der Waals surface area contributed by atoms with Crippen molar-refractivity contribution in [1.29, 1.82) is 0 Å². The van der Waals surface area contributed by atoms with Crippen LogP contribution in [0.25, 0.3) is 0 Å². The summed E-state index contributed by atoms with van der Waals surface area (Å²) in [5, 5.41) is 2.95. The van der Waals surface area contributed by atoms with E-state index in [-0.39, 0.29) is 17.4 Å². The van der Waals surface area contributed by atoms with Gasteiger partial charge in [0.05, 0.1) is 32.8 Å². The molecular formula is C28H37N3O5. The van der Waals surface area contributed by atoms with Gasteiger partial charge in [-0.05, 0) is 62.5 Å². The number of nitrogens with one attached hydrogen (secondary N) is 1. The van der Waals surface area contributed by atoms with Crippen molar-refractivity contribution >= 4 is 12.0 Å². The van der Waals surface area contributed by atoms with Gasteiger partial charge in [0.2, 0.25) is 5.91 Å². The zero-order valence-corrected chi connectivity index (χ0v) is 21.5. The lowest BCUT2D eigenvalue weighted by molar-refractivity contribution is -0.138. The number of rotatable bonds is 9. The molecule has 2 fully saturated rings. The fourth-order valence-corrected chi connectivity index (χ4v) is 5.44. The van der Waals surface area contributed by atoms with Gasteiger partial charge in [-0.25, -0.2) is 4.79 Å². The molecule has 8 heteroatoms. The summed E-state index contributed by atoms with van der Waals surface area (Å²) in [6.07, 6.45) is 2.92. The monoisotopic (exact) mass is 495 g/mol. The second-order valence-corrected chi connectivity index (χ2v) is 9.67. The van der Waals surface area contributed by atoms with Crippen molar-refractivity contribution in [2.45, 2.75) is 38.3 Å². The number of carbonyl (C=O) groups is 2. The zero-order valence-electron chi connectivity index (χ0n) is 21.5. The van der Waals surface area contributed by atoms with E-state index < -0.39 is 6.09 Å². The van der Waals surface area contributed by atoms with Crippen molar-refractivity contribution in [3.05, 3.63) is 59.7 Å². The van der Waals surface area contributed by atoms with Gasteiger partial charge in [0.1, 0.15) is 11.5 Å². The number of piperidine rings is 1. The number of benzene rings is 2. The normalized spacial score (nSPS) is 18.2. The van der Waals surface area contributed by atoms with E-state index >= 15 is 0 Å². The molecule has 1 N–H and O–H groups in total. The summed E-state index contributed by atoms with van der Waals surface area (Å²) < 4.78 is 15.6. The van der Waals surface area contributed by atoms with E-state index in [1.807, 2.05) is 53.4 Å². The Labute approximate surface area is 213 Å². The van der Waals surface area contributed by atoms with Crippen LogP contribution in [0.15, 0.2) is 48.5 Å². The van der Waals surface area contributed by atoms with Gasteiger partial charge in [0, 0.05) is 25.2 Å². The van der Waals surface area contributed by atoms with Crippen LogP contribution in [-0.4, -0.2) is 69.3 Å². The van der Waals surface area contributed by atoms with Crippen LogP contribution in [0, 0.1) is 5.41 Å². The maximum absolute atomic E-state index is 13.4. The predicted molar refractivity (Wildman–Crippen MR) is 137 cm³/mol. The summed E-state index contributed by atoms with van der Waals surface area (Å²) in [6.45, 7) is 4.02. The quantitative estimate of drug-likeness (QED) is 0.566. The Bertz CT molecular complexity index is 1030. The molecule has 2 heterocycles. The molecule has 8 nitrogen and oxygen atoms in total. The molecule has 0 aromatic heterocycles. The Morgan fingerprint density at radius 3 is 2.33 bits per heavy atom. The van der Waals surface area contributed by atoms with E-state index in [0.717, 1.165) is 74.5 Å². The maximum atomic E-state index is 13.4. The van der Waals surface area contributed by atoms with Crippen molar-refractivity contribution in [2.24, 2.45) is 5.41 Å². The van der Waals surface area contributed by atoms with Crippen LogP contribution in [0.3, 0.4) is 0 Å². The van der Waals surface area contributed by atoms with E-state index in [2.05, 4.69) is 10.2 Å². The Morgan fingerprint density at radius 2 is 1.67 bits per heavy atom. The fraction of sp³-hybridized carbons (Fsp3) is 0.500. The van der Waals surface area contributed by atoms with Gasteiger partial charge in [0.25, 0.3) is 0 Å². The largest absolute Gasteiger partial charge is 0.497 e. The number of hydrogen-bond acceptors (Lipinski definition) is 6. The van der Waals surface area contributed by atoms with E-state index in [0.29, 0.717) is 6.54 Å². The Morgan fingerprint density at radius 1 is 0.972 bits per heavy atom. The van der Waals surface area contributed by atoms with Gasteiger partial charge in [-0.2, -0.15) is 0 Å². The number of hydrogen-bond donors (Lipinski definition) is 1. The minimum Gasteiger partial charge on any atom is -0.497 e. The number of carbonyl (C=O) groups excluding carboxylic acids is 2. The molecule has 0 aliphatic carbocycles. The van der Waals surface area contributed by atoms with Crippen LogP contribution in [0.1, 0.15) is 42.9 Å². The van der Waals surface area contributed by atoms with Crippen molar-refractivity contribution in [2.75, 3.05) is 47.5 Å². The average Bonchev–Trinajstić information content (AvgIpc) is 3.21. The Balaban J connectivity index is 1.32. The van der Waals surface area contributed by atoms with Gasteiger partial charge in [0.15, 0.2) is 0 Å². The van der Waals surface area contributed by atoms with Crippen molar-refractivity contribution < 1.29 is 23.8 Å². The molecular weight excluding hydrogens is 458 g/mol. The highest BCUT2D eigenvalue weighted by molar-refractivity contribution is 5.85. The highest BCUT2D eigenvalue weighted by atomic mass is 16.5. The number of ether oxygens (including phenoxy) is 3. The molecule has 0 saturated carbocycles. The summed E-state index contributed by atoms with van der Waals surface area (Å²) in [5.74, 6) is 1.85. The topological polar surface area (TPSA) is 80.3 Å². The van der Waals surface area contributed by atoms with Crippen LogP contribution < -0.4 is 14.8 Å². The number of para-hydroxylation sites is 1. The lowest BCUT2D eigenvalue weighted by atomic mass is 9.77. The lowest BCUT2D eigenvalue weighted by Gasteiger charge is -2.38. The summed E-state index contributed by atoms with van der Waals surface area (Å²) in [6, 6.07) is 15.4. The minimum atomic E-state index is -0.461. The molecule has 2 aliphatic rings. The highest BCUT2D eigenvalue weighted by Crippen LogP contribution is 2.42. The second-order valence-electron chi connectivity index (χ2n) is 9.67. The number of alkyl carbamates (subject to hydrolysis) is 1. The summed E-state index contributed by atoms with van der Waals surface area (Å²) in [7, 11) is 4.66. The van der Waals surface area contributed by atoms with Crippen LogP contribution in [-0.2, 0) is 16.1 Å². The van der Waals surface area contributed by atoms with Crippen LogP contribution in [0.5, 0.6) is 11.5 Å². The number of amides is 2. The summed E-state index contributed by atoms with van der Waals surface area (Å²) in [4.78, 5) is 29.8. The van der Waals surface area contributed by atoms with E-state index in [4.69, 9.17) is 14.2 Å². The van der Waals surface area contributed by atoms with Crippen LogP contribution >= 0.6 is 0 Å². The smallest absolute Gasteiger partial charge is 0.407 e. The Hall–Kier alpha value is -3.26. The minimum absolute atomic E-state index is 0.224. The molecule has 4 rings (SSSR count). The lowest BCUT2D eigenvalue weighted by Crippen LogP contribution is -2.45. The average molecular weight is 496 g/mol. The first-order valence-electron chi connectivity index (χ1n) is 12.6. The van der Waals surface area contributed by atoms with E-state index in [1.165, 1.54) is 7.11 Å². The molecule has 2 aromatic carbocycles. The first kappa shape index (κ1) is 25.8. The third kappa shape index (κ3) is 5.75. The summed E-state index contributed by atoms with van der Waals surface area (Å²) in [5.41, 5.74) is 1.81. The first-order chi connectivity index (χ1) is 17.5. The predicted octanol–water partition coefficient (Wildman–Crippen LogP) is 4.01. The van der Waals surface area contributed by atoms with Gasteiger partial charge >= 0.3 is 6.09 Å². The molecule has 0 bridgehead atoms. The van der Waals surface area contributed by atoms with Crippen molar-refractivity contribution in [3.8, 4) is 11.5 Å². The van der Waals surface area contributed by atoms with E-state index in [9.17, 15) is 9.59 Å². The maximum Gasteiger partial charge on any atom is 0.407 e. The van der Waals surface area contributed by atoms with Crippen molar-refractivity contribution in [3.63, 3.8) is 0 Å². The molecule has 2 saturated heterocycles. The first-order valence-corrected chi connectivity index (χ1v) is 12.6. The molecule has 0 radical (unpaired) electrons. The molecule has 2 amide bonds. The molecule has 36 heavy (non-hydrogen) atoms. The Kier molecular flexibility index (Phi) is 8.36. The van der Waals surface area contributed by atoms with Gasteiger partial charge in [-0.15, -0.1) is 0 Å². The number of nitrogens with zero attached hydrogens (tertiary/aromatic N) is 2. The molecule has 1 unspecified atom stereocenters. The highest BCUT2D eigenvalue weighted by Gasteiger charge is 2.47. The van der Waals surface area contributed by atoms with Crippen molar-refractivity contribution in [1.82, 2.24) is 15.1 Å². The summed E-state index contributed by atoms with van der Waals surface area (Å²) >= 11 is 0. The van der Waals surface area contributed by atoms with Gasteiger partial charge < -0.3 is 29.3 Å². The second kappa shape index (κ2) is 11.6. The fourth-order valence-electron chi connectivity index (χ4n) is 5.44. The SMILES string of the molecule is COC(=O)NC(CCN1CCC2(CC1)CCN(Cc1ccc(OC)cc1)C2=O)c1ccccc1OC. The number of methoxy groups -OCH3 is 3. The molecule has 2 aromatic rings. The molecule has 1 atom stereocenters. The number of likely N-dealkylation sites (tertiary alicyclic amines) is 2. The third-order valence-electron chi connectivity index (χ3n) is 7.67. The standard InChI is InChI=1S/C28H37N3O5/c1-34-22-10-8-21(9-11-22)20-31-19-15-28(26(31)32)13-17-30(18-14-28)16-12-24(29-27(33)36-3)23-6-4-5-7-25(23)35-2/h4-11,24H,12-20H2,1-3H3,(H,29,33). The zero-order chi connectivity index (χ0) is 25.5. The molecule has 2 aliphatic heterocycles. The van der Waals surface area contributed by atoms with Crippen LogP contribution in [0.4, 0.5) is 4.79 Å². The van der Waals surface area contributed by atoms with Gasteiger partial charge in [-0.1, -0.05) is 30.3 Å². The van der Waals surface area contributed by atoms with E-state index in [1.54, 1.807) is 14.2 Å².